The third-order valence-corrected chi connectivity index (χ3v) is 0.609. The van der Waals surface area contributed by atoms with Crippen LogP contribution < -0.4 is 11.5 Å². The summed E-state index contributed by atoms with van der Waals surface area (Å²) in [6.07, 6.45) is 0. The molecule has 0 aromatic rings. The zero-order valence-corrected chi connectivity index (χ0v) is 4.56. The van der Waals surface area contributed by atoms with Gasteiger partial charge in [-0.05, 0) is 6.92 Å². The first-order chi connectivity index (χ1) is 3.18. The van der Waals surface area contributed by atoms with Crippen molar-refractivity contribution in [3.63, 3.8) is 0 Å². The minimum absolute atomic E-state index is 0.292. The zero-order chi connectivity index (χ0) is 5.86. The molecule has 0 amide bonds. The van der Waals surface area contributed by atoms with Crippen LogP contribution in [0.25, 0.3) is 0 Å². The van der Waals surface area contributed by atoms with Gasteiger partial charge in [0, 0.05) is 0 Å². The molecule has 3 heteroatoms. The van der Waals surface area contributed by atoms with Crippen LogP contribution in [-0.4, -0.2) is 7.11 Å². The van der Waals surface area contributed by atoms with Gasteiger partial charge in [0.05, 0.1) is 12.8 Å². The minimum atomic E-state index is 0.292. The summed E-state index contributed by atoms with van der Waals surface area (Å²) in [7, 11) is 1.48. The number of allylic oxidation sites excluding steroid dienone is 1. The van der Waals surface area contributed by atoms with Crippen molar-refractivity contribution in [2.45, 2.75) is 6.92 Å². The van der Waals surface area contributed by atoms with Crippen LogP contribution in [0.4, 0.5) is 0 Å². The summed E-state index contributed by atoms with van der Waals surface area (Å²) in [6.45, 7) is 1.68. The predicted molar refractivity (Wildman–Crippen MR) is 28.1 cm³/mol. The molecule has 0 bridgehead atoms. The van der Waals surface area contributed by atoms with Crippen LogP contribution in [0.3, 0.4) is 0 Å². The van der Waals surface area contributed by atoms with E-state index in [9.17, 15) is 0 Å². The van der Waals surface area contributed by atoms with Crippen molar-refractivity contribution >= 4 is 0 Å². The Bertz CT molecular complexity index is 83.7. The topological polar surface area (TPSA) is 61.3 Å². The first-order valence-corrected chi connectivity index (χ1v) is 1.94. The summed E-state index contributed by atoms with van der Waals surface area (Å²) in [5, 5.41) is 0. The van der Waals surface area contributed by atoms with Crippen LogP contribution in [0.1, 0.15) is 6.92 Å². The number of hydrogen-bond donors (Lipinski definition) is 2. The monoisotopic (exact) mass is 102 g/mol. The standard InChI is InChI=1S/C4H10N2O/c1-3(5)4(6)7-2/h5-6H2,1-2H3/b4-3+. The maximum atomic E-state index is 5.18. The Morgan fingerprint density at radius 1 is 1.43 bits per heavy atom. The van der Waals surface area contributed by atoms with E-state index in [0.717, 1.165) is 0 Å². The smallest absolute Gasteiger partial charge is 0.202 e. The van der Waals surface area contributed by atoms with Gasteiger partial charge in [-0.15, -0.1) is 0 Å². The Kier molecular flexibility index (Phi) is 2.05. The first kappa shape index (κ1) is 6.14. The van der Waals surface area contributed by atoms with E-state index in [0.29, 0.717) is 11.6 Å². The van der Waals surface area contributed by atoms with Gasteiger partial charge in [-0.1, -0.05) is 0 Å². The molecule has 0 aromatic carbocycles. The van der Waals surface area contributed by atoms with Crippen LogP contribution in [0.5, 0.6) is 0 Å². The number of hydrogen-bond acceptors (Lipinski definition) is 3. The van der Waals surface area contributed by atoms with E-state index in [2.05, 4.69) is 4.74 Å². The summed E-state index contributed by atoms with van der Waals surface area (Å²) in [6, 6.07) is 0. The van der Waals surface area contributed by atoms with E-state index in [1.165, 1.54) is 7.11 Å². The predicted octanol–water partition coefficient (Wildman–Crippen LogP) is -0.261. The Morgan fingerprint density at radius 2 is 1.86 bits per heavy atom. The third kappa shape index (κ3) is 1.92. The summed E-state index contributed by atoms with van der Waals surface area (Å²) >= 11 is 0. The lowest BCUT2D eigenvalue weighted by Crippen LogP contribution is -2.07. The molecule has 0 saturated carbocycles. The molecule has 0 unspecified atom stereocenters. The van der Waals surface area contributed by atoms with Crippen LogP contribution in [0, 0.1) is 0 Å². The van der Waals surface area contributed by atoms with Crippen LogP contribution >= 0.6 is 0 Å². The molecule has 0 aliphatic heterocycles. The first-order valence-electron chi connectivity index (χ1n) is 1.94. The molecule has 4 N–H and O–H groups in total. The fourth-order valence-electron chi connectivity index (χ4n) is 0.161. The molecule has 0 atom stereocenters. The van der Waals surface area contributed by atoms with Gasteiger partial charge in [0.1, 0.15) is 0 Å². The van der Waals surface area contributed by atoms with Crippen molar-refractivity contribution in [1.82, 2.24) is 0 Å². The van der Waals surface area contributed by atoms with Crippen molar-refractivity contribution in [3.05, 3.63) is 11.6 Å². The van der Waals surface area contributed by atoms with Gasteiger partial charge in [-0.25, -0.2) is 0 Å². The number of rotatable bonds is 1. The average molecular weight is 102 g/mol. The van der Waals surface area contributed by atoms with E-state index in [1.807, 2.05) is 0 Å². The van der Waals surface area contributed by atoms with Crippen molar-refractivity contribution < 1.29 is 4.74 Å². The quantitative estimate of drug-likeness (QED) is 0.448. The summed E-state index contributed by atoms with van der Waals surface area (Å²) < 4.78 is 4.54. The highest BCUT2D eigenvalue weighted by atomic mass is 16.5. The normalized spacial score (nSPS) is 12.9. The maximum absolute atomic E-state index is 5.18. The van der Waals surface area contributed by atoms with Crippen LogP contribution in [0.15, 0.2) is 11.6 Å². The Morgan fingerprint density at radius 3 is 1.86 bits per heavy atom. The van der Waals surface area contributed by atoms with Crippen LogP contribution in [-0.2, 0) is 4.74 Å². The third-order valence-electron chi connectivity index (χ3n) is 0.609. The minimum Gasteiger partial charge on any atom is -0.481 e. The van der Waals surface area contributed by atoms with Crippen molar-refractivity contribution in [1.29, 1.82) is 0 Å². The van der Waals surface area contributed by atoms with Crippen molar-refractivity contribution in [2.75, 3.05) is 7.11 Å². The average Bonchev–Trinajstić information content (AvgIpc) is 1.65. The van der Waals surface area contributed by atoms with Crippen molar-refractivity contribution in [2.24, 2.45) is 11.5 Å². The van der Waals surface area contributed by atoms with Crippen LogP contribution in [0.2, 0.25) is 0 Å². The second kappa shape index (κ2) is 2.34. The lowest BCUT2D eigenvalue weighted by molar-refractivity contribution is 0.282. The SMILES string of the molecule is CO/C(N)=C(\C)N. The van der Waals surface area contributed by atoms with Gasteiger partial charge in [0.2, 0.25) is 5.88 Å². The molecular formula is C4H10N2O. The maximum Gasteiger partial charge on any atom is 0.202 e. The molecule has 0 spiro atoms. The van der Waals surface area contributed by atoms with Crippen molar-refractivity contribution in [3.8, 4) is 0 Å². The largest absolute Gasteiger partial charge is 0.481 e. The van der Waals surface area contributed by atoms with Gasteiger partial charge in [0.15, 0.2) is 0 Å². The molecule has 0 heterocycles. The second-order valence-corrected chi connectivity index (χ2v) is 1.25. The van der Waals surface area contributed by atoms with Gasteiger partial charge in [-0.2, -0.15) is 0 Å². The summed E-state index contributed by atoms with van der Waals surface area (Å²) in [4.78, 5) is 0. The number of nitrogens with two attached hydrogens (primary N) is 2. The molecule has 0 aliphatic rings. The molecule has 3 nitrogen and oxygen atoms in total. The van der Waals surface area contributed by atoms with E-state index >= 15 is 0 Å². The highest BCUT2D eigenvalue weighted by molar-refractivity contribution is 4.95. The Labute approximate surface area is 42.9 Å². The molecule has 0 aliphatic carbocycles. The highest BCUT2D eigenvalue weighted by Crippen LogP contribution is 1.86. The molecule has 0 rings (SSSR count). The molecule has 0 saturated heterocycles. The van der Waals surface area contributed by atoms with Gasteiger partial charge in [-0.3, -0.25) is 0 Å². The highest BCUT2D eigenvalue weighted by Gasteiger charge is 1.85. The molecule has 42 valence electrons. The lowest BCUT2D eigenvalue weighted by atomic mass is 10.5. The van der Waals surface area contributed by atoms with E-state index < -0.39 is 0 Å². The Balaban J connectivity index is 3.72. The molecule has 0 radical (unpaired) electrons. The number of methoxy groups -OCH3 is 1. The lowest BCUT2D eigenvalue weighted by Gasteiger charge is -1.97. The summed E-state index contributed by atoms with van der Waals surface area (Å²) in [5.74, 6) is 0.292. The fourth-order valence-corrected chi connectivity index (χ4v) is 0.161. The molecule has 7 heavy (non-hydrogen) atoms. The summed E-state index contributed by atoms with van der Waals surface area (Å²) in [5.41, 5.74) is 10.8. The molecular weight excluding hydrogens is 92.1 g/mol. The fraction of sp³-hybridized carbons (Fsp3) is 0.500. The second-order valence-electron chi connectivity index (χ2n) is 1.25. The van der Waals surface area contributed by atoms with Gasteiger partial charge >= 0.3 is 0 Å². The van der Waals surface area contributed by atoms with E-state index in [1.54, 1.807) is 6.92 Å². The van der Waals surface area contributed by atoms with E-state index in [-0.39, 0.29) is 0 Å². The van der Waals surface area contributed by atoms with Gasteiger partial charge < -0.3 is 16.2 Å². The molecule has 0 fully saturated rings. The van der Waals surface area contributed by atoms with E-state index in [4.69, 9.17) is 11.5 Å². The molecule has 0 aromatic heterocycles. The Hall–Kier alpha value is -0.860. The number of ether oxygens (including phenoxy) is 1. The zero-order valence-electron chi connectivity index (χ0n) is 4.56. The van der Waals surface area contributed by atoms with Gasteiger partial charge in [0.25, 0.3) is 0 Å².